The van der Waals surface area contributed by atoms with Crippen molar-refractivity contribution in [2.45, 2.75) is 26.6 Å². The van der Waals surface area contributed by atoms with Crippen LogP contribution in [0.1, 0.15) is 28.7 Å². The van der Waals surface area contributed by atoms with Crippen LogP contribution in [0.2, 0.25) is 10.0 Å². The number of carbonyl (C=O) groups is 1. The molecule has 10 heteroatoms. The molecule has 0 saturated carbocycles. The second kappa shape index (κ2) is 8.36. The van der Waals surface area contributed by atoms with E-state index >= 15 is 0 Å². The SMILES string of the molecule is CCn1c(C)c(-c2ccc(C(F)(F)F)nc2)c(=O)c(C(=O)O)c1-c1ccc(Cl)c(Cl)c1. The molecule has 5 nitrogen and oxygen atoms in total. The average Bonchev–Trinajstić information content (AvgIpc) is 2.69. The zero-order valence-electron chi connectivity index (χ0n) is 16.2. The van der Waals surface area contributed by atoms with E-state index in [1.165, 1.54) is 12.1 Å². The third-order valence-corrected chi connectivity index (χ3v) is 5.53. The molecule has 1 aromatic carbocycles. The molecular weight excluding hydrogens is 456 g/mol. The fourth-order valence-electron chi connectivity index (χ4n) is 3.42. The Labute approximate surface area is 184 Å². The van der Waals surface area contributed by atoms with Crippen LogP contribution >= 0.6 is 23.2 Å². The van der Waals surface area contributed by atoms with Gasteiger partial charge in [0.15, 0.2) is 0 Å². The Morgan fingerprint density at radius 2 is 1.77 bits per heavy atom. The lowest BCUT2D eigenvalue weighted by Crippen LogP contribution is -2.25. The van der Waals surface area contributed by atoms with E-state index in [0.29, 0.717) is 11.3 Å². The number of aromatic nitrogens is 2. The van der Waals surface area contributed by atoms with Crippen LogP contribution in [-0.4, -0.2) is 20.6 Å². The van der Waals surface area contributed by atoms with Gasteiger partial charge < -0.3 is 9.67 Å². The predicted octanol–water partition coefficient (Wildman–Crippen LogP) is 5.93. The van der Waals surface area contributed by atoms with Gasteiger partial charge in [-0.15, -0.1) is 0 Å². The molecule has 0 amide bonds. The summed E-state index contributed by atoms with van der Waals surface area (Å²) < 4.78 is 40.1. The van der Waals surface area contributed by atoms with Crippen molar-refractivity contribution < 1.29 is 23.1 Å². The summed E-state index contributed by atoms with van der Waals surface area (Å²) in [5.74, 6) is -1.48. The molecule has 0 spiro atoms. The zero-order valence-corrected chi connectivity index (χ0v) is 17.7. The van der Waals surface area contributed by atoms with Gasteiger partial charge in [-0.2, -0.15) is 13.2 Å². The summed E-state index contributed by atoms with van der Waals surface area (Å²) in [5, 5.41) is 10.3. The van der Waals surface area contributed by atoms with Crippen molar-refractivity contribution in [3.63, 3.8) is 0 Å². The van der Waals surface area contributed by atoms with Crippen LogP contribution in [0.15, 0.2) is 41.3 Å². The summed E-state index contributed by atoms with van der Waals surface area (Å²) in [6.07, 6.45) is -3.72. The van der Waals surface area contributed by atoms with E-state index in [1.807, 2.05) is 0 Å². The topological polar surface area (TPSA) is 72.2 Å². The molecule has 0 fully saturated rings. The smallest absolute Gasteiger partial charge is 0.433 e. The molecule has 0 unspecified atom stereocenters. The van der Waals surface area contributed by atoms with Crippen molar-refractivity contribution in [2.24, 2.45) is 0 Å². The summed E-state index contributed by atoms with van der Waals surface area (Å²) >= 11 is 12.0. The van der Waals surface area contributed by atoms with Crippen molar-refractivity contribution in [1.29, 1.82) is 0 Å². The second-order valence-electron chi connectivity index (χ2n) is 6.62. The molecule has 31 heavy (non-hydrogen) atoms. The fourth-order valence-corrected chi connectivity index (χ4v) is 3.72. The number of benzene rings is 1. The number of pyridine rings is 2. The molecule has 0 bridgehead atoms. The van der Waals surface area contributed by atoms with Crippen LogP contribution in [0.3, 0.4) is 0 Å². The maximum atomic E-state index is 13.2. The number of alkyl halides is 3. The van der Waals surface area contributed by atoms with E-state index < -0.39 is 28.8 Å². The van der Waals surface area contributed by atoms with Crippen molar-refractivity contribution in [1.82, 2.24) is 9.55 Å². The number of hydrogen-bond acceptors (Lipinski definition) is 3. The van der Waals surface area contributed by atoms with E-state index in [4.69, 9.17) is 23.2 Å². The third kappa shape index (κ3) is 4.18. The van der Waals surface area contributed by atoms with Crippen LogP contribution in [0.4, 0.5) is 13.2 Å². The Hall–Kier alpha value is -2.84. The number of hydrogen-bond donors (Lipinski definition) is 1. The molecule has 3 aromatic rings. The lowest BCUT2D eigenvalue weighted by molar-refractivity contribution is -0.141. The predicted molar refractivity (Wildman–Crippen MR) is 112 cm³/mol. The summed E-state index contributed by atoms with van der Waals surface area (Å²) in [5.41, 5.74) is -1.57. The maximum Gasteiger partial charge on any atom is 0.433 e. The number of aromatic carboxylic acids is 1. The van der Waals surface area contributed by atoms with Crippen LogP contribution in [0, 0.1) is 6.92 Å². The van der Waals surface area contributed by atoms with Crippen molar-refractivity contribution in [3.8, 4) is 22.4 Å². The van der Waals surface area contributed by atoms with E-state index in [2.05, 4.69) is 4.98 Å². The number of nitrogens with zero attached hydrogens (tertiary/aromatic N) is 2. The highest BCUT2D eigenvalue weighted by Gasteiger charge is 2.32. The van der Waals surface area contributed by atoms with Crippen molar-refractivity contribution >= 4 is 29.2 Å². The van der Waals surface area contributed by atoms with Crippen LogP contribution in [0.25, 0.3) is 22.4 Å². The first-order valence-corrected chi connectivity index (χ1v) is 9.72. The molecule has 2 heterocycles. The van der Waals surface area contributed by atoms with E-state index in [1.54, 1.807) is 24.5 Å². The molecule has 0 aliphatic heterocycles. The second-order valence-corrected chi connectivity index (χ2v) is 7.44. The Morgan fingerprint density at radius 3 is 2.26 bits per heavy atom. The van der Waals surface area contributed by atoms with Crippen LogP contribution in [0.5, 0.6) is 0 Å². The molecule has 162 valence electrons. The van der Waals surface area contributed by atoms with Gasteiger partial charge in [0.05, 0.1) is 21.3 Å². The Morgan fingerprint density at radius 1 is 1.13 bits per heavy atom. The highest BCUT2D eigenvalue weighted by atomic mass is 35.5. The summed E-state index contributed by atoms with van der Waals surface area (Å²) in [6.45, 7) is 3.62. The number of carboxylic acids is 1. The molecule has 0 aliphatic carbocycles. The lowest BCUT2D eigenvalue weighted by Gasteiger charge is -2.21. The van der Waals surface area contributed by atoms with Crippen LogP contribution in [-0.2, 0) is 12.7 Å². The number of rotatable bonds is 4. The van der Waals surface area contributed by atoms with Gasteiger partial charge in [0.2, 0.25) is 5.43 Å². The average molecular weight is 471 g/mol. The Kier molecular flexibility index (Phi) is 6.16. The largest absolute Gasteiger partial charge is 0.477 e. The molecule has 0 radical (unpaired) electrons. The highest BCUT2D eigenvalue weighted by Crippen LogP contribution is 2.34. The van der Waals surface area contributed by atoms with Gasteiger partial charge in [-0.05, 0) is 32.0 Å². The minimum atomic E-state index is -4.64. The van der Waals surface area contributed by atoms with E-state index in [9.17, 15) is 27.9 Å². The van der Waals surface area contributed by atoms with Gasteiger partial charge in [-0.25, -0.2) is 4.79 Å². The van der Waals surface area contributed by atoms with Crippen molar-refractivity contribution in [2.75, 3.05) is 0 Å². The number of halogens is 5. The van der Waals surface area contributed by atoms with E-state index in [0.717, 1.165) is 18.3 Å². The maximum absolute atomic E-state index is 13.2. The quantitative estimate of drug-likeness (QED) is 0.512. The molecular formula is C21H15Cl2F3N2O3. The normalized spacial score (nSPS) is 11.6. The minimum Gasteiger partial charge on any atom is -0.477 e. The molecule has 2 aromatic heterocycles. The molecule has 0 aliphatic rings. The van der Waals surface area contributed by atoms with Gasteiger partial charge in [0.1, 0.15) is 11.3 Å². The minimum absolute atomic E-state index is 0.0377. The zero-order chi connectivity index (χ0) is 23.1. The molecule has 0 saturated heterocycles. The fraction of sp³-hybridized carbons (Fsp3) is 0.190. The van der Waals surface area contributed by atoms with Gasteiger partial charge in [0, 0.05) is 29.6 Å². The van der Waals surface area contributed by atoms with Gasteiger partial charge >= 0.3 is 12.1 Å². The first kappa shape index (κ1) is 22.8. The first-order chi connectivity index (χ1) is 14.5. The number of carboxylic acid groups (broad SMARTS) is 1. The molecule has 0 atom stereocenters. The standard InChI is InChI=1S/C21H15Cl2F3N2O3/c1-3-28-10(2)16(12-5-7-15(27-9-12)21(24,25)26)19(29)17(20(30)31)18(28)11-4-6-13(22)14(23)8-11/h4-9H,3H2,1-2H3,(H,30,31). The lowest BCUT2D eigenvalue weighted by atomic mass is 9.97. The highest BCUT2D eigenvalue weighted by molar-refractivity contribution is 6.42. The van der Waals surface area contributed by atoms with Gasteiger partial charge in [-0.3, -0.25) is 9.78 Å². The first-order valence-electron chi connectivity index (χ1n) is 8.97. The van der Waals surface area contributed by atoms with Crippen LogP contribution < -0.4 is 5.43 Å². The molecule has 1 N–H and O–H groups in total. The Bertz CT molecular complexity index is 1240. The monoisotopic (exact) mass is 470 g/mol. The summed E-state index contributed by atoms with van der Waals surface area (Å²) in [4.78, 5) is 28.7. The Balaban J connectivity index is 2.36. The van der Waals surface area contributed by atoms with Gasteiger partial charge in [0.25, 0.3) is 0 Å². The van der Waals surface area contributed by atoms with Crippen molar-refractivity contribution in [3.05, 3.63) is 73.7 Å². The van der Waals surface area contributed by atoms with E-state index in [-0.39, 0.29) is 33.4 Å². The summed E-state index contributed by atoms with van der Waals surface area (Å²) in [7, 11) is 0. The summed E-state index contributed by atoms with van der Waals surface area (Å²) in [6, 6.07) is 6.33. The third-order valence-electron chi connectivity index (χ3n) is 4.79. The molecule has 3 rings (SSSR count). The van der Waals surface area contributed by atoms with Gasteiger partial charge in [-0.1, -0.05) is 35.3 Å².